The third-order valence-electron chi connectivity index (χ3n) is 5.86. The Morgan fingerprint density at radius 2 is 1.76 bits per heavy atom. The SMILES string of the molecule is COc1ccc(CC(=O)NC(C)c2nnc(SCc3cccc(OC)c3)n2-c2cc(Cl)ccc2C)cc1. The van der Waals surface area contributed by atoms with E-state index in [1.807, 2.05) is 85.1 Å². The normalized spacial score (nSPS) is 11.7. The second kappa shape index (κ2) is 12.2. The van der Waals surface area contributed by atoms with Crippen molar-refractivity contribution >= 4 is 29.3 Å². The van der Waals surface area contributed by atoms with E-state index in [0.717, 1.165) is 33.9 Å². The Hall–Kier alpha value is -3.49. The number of methoxy groups -OCH3 is 2. The molecule has 3 aromatic carbocycles. The number of aryl methyl sites for hydroxylation is 1. The van der Waals surface area contributed by atoms with Crippen LogP contribution in [-0.4, -0.2) is 34.9 Å². The molecule has 0 spiro atoms. The van der Waals surface area contributed by atoms with Crippen molar-refractivity contribution in [3.8, 4) is 17.2 Å². The molecule has 4 aromatic rings. The van der Waals surface area contributed by atoms with Crippen molar-refractivity contribution in [2.75, 3.05) is 14.2 Å². The molecule has 7 nitrogen and oxygen atoms in total. The number of carbonyl (C=O) groups is 1. The number of aromatic nitrogens is 3. The zero-order valence-corrected chi connectivity index (χ0v) is 22.8. The molecule has 0 saturated heterocycles. The maximum Gasteiger partial charge on any atom is 0.224 e. The molecule has 0 aliphatic carbocycles. The lowest BCUT2D eigenvalue weighted by atomic mass is 10.1. The molecular formula is C28H29ClN4O3S. The molecule has 1 atom stereocenters. The van der Waals surface area contributed by atoms with Crippen LogP contribution in [0.15, 0.2) is 71.9 Å². The molecule has 37 heavy (non-hydrogen) atoms. The Labute approximate surface area is 226 Å². The van der Waals surface area contributed by atoms with Gasteiger partial charge in [0.05, 0.1) is 32.4 Å². The Balaban J connectivity index is 1.58. The van der Waals surface area contributed by atoms with Crippen molar-refractivity contribution in [1.82, 2.24) is 20.1 Å². The molecule has 1 N–H and O–H groups in total. The summed E-state index contributed by atoms with van der Waals surface area (Å²) in [5, 5.41) is 13.4. The second-order valence-corrected chi connectivity index (χ2v) is 9.94. The average Bonchev–Trinajstić information content (AvgIpc) is 3.33. The van der Waals surface area contributed by atoms with Crippen molar-refractivity contribution in [2.24, 2.45) is 0 Å². The largest absolute Gasteiger partial charge is 0.497 e. The number of ether oxygens (including phenoxy) is 2. The molecule has 4 rings (SSSR count). The van der Waals surface area contributed by atoms with Crippen LogP contribution >= 0.6 is 23.4 Å². The summed E-state index contributed by atoms with van der Waals surface area (Å²) in [5.74, 6) is 2.75. The average molecular weight is 537 g/mol. The first kappa shape index (κ1) is 26.6. The first-order valence-corrected chi connectivity index (χ1v) is 13.1. The summed E-state index contributed by atoms with van der Waals surface area (Å²) >= 11 is 7.93. The van der Waals surface area contributed by atoms with E-state index in [-0.39, 0.29) is 18.4 Å². The number of thioether (sulfide) groups is 1. The number of hydrogen-bond acceptors (Lipinski definition) is 6. The fourth-order valence-electron chi connectivity index (χ4n) is 3.90. The van der Waals surface area contributed by atoms with E-state index < -0.39 is 0 Å². The quantitative estimate of drug-likeness (QED) is 0.252. The summed E-state index contributed by atoms with van der Waals surface area (Å²) < 4.78 is 12.5. The molecule has 1 amide bonds. The maximum absolute atomic E-state index is 12.9. The molecule has 1 heterocycles. The standard InChI is InChI=1S/C28H29ClN4O3S/c1-18-8-11-22(29)16-25(18)33-27(19(2)30-26(34)15-20-9-12-23(35-3)13-10-20)31-32-28(33)37-17-21-6-5-7-24(14-21)36-4/h5-14,16,19H,15,17H2,1-4H3,(H,30,34). The third kappa shape index (κ3) is 6.64. The third-order valence-corrected chi connectivity index (χ3v) is 7.10. The number of carbonyl (C=O) groups excluding carboxylic acids is 1. The van der Waals surface area contributed by atoms with Crippen molar-refractivity contribution < 1.29 is 14.3 Å². The maximum atomic E-state index is 12.9. The molecule has 0 saturated carbocycles. The Bertz CT molecular complexity index is 1370. The van der Waals surface area contributed by atoms with E-state index >= 15 is 0 Å². The Morgan fingerprint density at radius 1 is 1.00 bits per heavy atom. The summed E-state index contributed by atoms with van der Waals surface area (Å²) in [6.45, 7) is 3.92. The van der Waals surface area contributed by atoms with E-state index in [1.165, 1.54) is 0 Å². The van der Waals surface area contributed by atoms with Gasteiger partial charge in [0, 0.05) is 10.8 Å². The Morgan fingerprint density at radius 3 is 2.49 bits per heavy atom. The van der Waals surface area contributed by atoms with E-state index in [9.17, 15) is 4.79 Å². The van der Waals surface area contributed by atoms with E-state index in [0.29, 0.717) is 21.8 Å². The fraction of sp³-hybridized carbons (Fsp3) is 0.250. The van der Waals surface area contributed by atoms with Crippen LogP contribution in [0.3, 0.4) is 0 Å². The lowest BCUT2D eigenvalue weighted by molar-refractivity contribution is -0.121. The van der Waals surface area contributed by atoms with Gasteiger partial charge in [-0.15, -0.1) is 10.2 Å². The molecule has 0 bridgehead atoms. The highest BCUT2D eigenvalue weighted by atomic mass is 35.5. The minimum atomic E-state index is -0.386. The minimum Gasteiger partial charge on any atom is -0.497 e. The van der Waals surface area contributed by atoms with Crippen LogP contribution in [0.4, 0.5) is 0 Å². The van der Waals surface area contributed by atoms with Gasteiger partial charge in [0.25, 0.3) is 0 Å². The first-order valence-electron chi connectivity index (χ1n) is 11.8. The van der Waals surface area contributed by atoms with Crippen LogP contribution < -0.4 is 14.8 Å². The fourth-order valence-corrected chi connectivity index (χ4v) is 4.96. The number of amides is 1. The summed E-state index contributed by atoms with van der Waals surface area (Å²) in [7, 11) is 3.27. The molecule has 0 aliphatic heterocycles. The molecule has 1 unspecified atom stereocenters. The summed E-state index contributed by atoms with van der Waals surface area (Å²) in [6, 6.07) is 20.7. The predicted octanol–water partition coefficient (Wildman–Crippen LogP) is 5.96. The van der Waals surface area contributed by atoms with Crippen molar-refractivity contribution in [1.29, 1.82) is 0 Å². The molecule has 0 radical (unpaired) electrons. The van der Waals surface area contributed by atoms with Crippen molar-refractivity contribution in [2.45, 2.75) is 37.2 Å². The smallest absolute Gasteiger partial charge is 0.224 e. The van der Waals surface area contributed by atoms with Gasteiger partial charge in [-0.2, -0.15) is 0 Å². The van der Waals surface area contributed by atoms with Gasteiger partial charge in [0.2, 0.25) is 5.91 Å². The lowest BCUT2D eigenvalue weighted by Gasteiger charge is -2.18. The summed E-state index contributed by atoms with van der Waals surface area (Å²) in [4.78, 5) is 12.9. The van der Waals surface area contributed by atoms with Gasteiger partial charge in [-0.1, -0.05) is 53.7 Å². The van der Waals surface area contributed by atoms with Gasteiger partial charge >= 0.3 is 0 Å². The van der Waals surface area contributed by atoms with Gasteiger partial charge < -0.3 is 14.8 Å². The molecule has 192 valence electrons. The number of benzene rings is 3. The second-order valence-electron chi connectivity index (χ2n) is 8.56. The number of nitrogens with one attached hydrogen (secondary N) is 1. The van der Waals surface area contributed by atoms with Gasteiger partial charge in [0.15, 0.2) is 11.0 Å². The zero-order valence-electron chi connectivity index (χ0n) is 21.2. The number of halogens is 1. The summed E-state index contributed by atoms with van der Waals surface area (Å²) in [6.07, 6.45) is 0.246. The van der Waals surface area contributed by atoms with Crippen LogP contribution in [0.2, 0.25) is 5.02 Å². The zero-order chi connectivity index (χ0) is 26.4. The van der Waals surface area contributed by atoms with Crippen LogP contribution in [0, 0.1) is 6.92 Å². The van der Waals surface area contributed by atoms with E-state index in [1.54, 1.807) is 26.0 Å². The van der Waals surface area contributed by atoms with Crippen LogP contribution in [0.5, 0.6) is 11.5 Å². The highest BCUT2D eigenvalue weighted by Crippen LogP contribution is 2.31. The van der Waals surface area contributed by atoms with Crippen molar-refractivity contribution in [3.05, 3.63) is 94.3 Å². The molecule has 9 heteroatoms. The van der Waals surface area contributed by atoms with Gasteiger partial charge in [-0.05, 0) is 66.9 Å². The number of rotatable bonds is 10. The predicted molar refractivity (Wildman–Crippen MR) is 147 cm³/mol. The Kier molecular flexibility index (Phi) is 8.74. The lowest BCUT2D eigenvalue weighted by Crippen LogP contribution is -2.30. The van der Waals surface area contributed by atoms with E-state index in [2.05, 4.69) is 15.5 Å². The van der Waals surface area contributed by atoms with E-state index in [4.69, 9.17) is 21.1 Å². The van der Waals surface area contributed by atoms with Gasteiger partial charge in [-0.3, -0.25) is 9.36 Å². The molecule has 1 aromatic heterocycles. The highest BCUT2D eigenvalue weighted by Gasteiger charge is 2.22. The van der Waals surface area contributed by atoms with Gasteiger partial charge in [-0.25, -0.2) is 0 Å². The van der Waals surface area contributed by atoms with Crippen molar-refractivity contribution in [3.63, 3.8) is 0 Å². The van der Waals surface area contributed by atoms with Crippen LogP contribution in [0.25, 0.3) is 5.69 Å². The molecule has 0 aliphatic rings. The van der Waals surface area contributed by atoms with Crippen LogP contribution in [0.1, 0.15) is 35.5 Å². The topological polar surface area (TPSA) is 78.3 Å². The number of hydrogen-bond donors (Lipinski definition) is 1. The monoisotopic (exact) mass is 536 g/mol. The highest BCUT2D eigenvalue weighted by molar-refractivity contribution is 7.98. The molecule has 0 fully saturated rings. The van der Waals surface area contributed by atoms with Gasteiger partial charge in [0.1, 0.15) is 11.5 Å². The first-order chi connectivity index (χ1) is 17.9. The minimum absolute atomic E-state index is 0.111. The van der Waals surface area contributed by atoms with Crippen LogP contribution in [-0.2, 0) is 17.0 Å². The number of nitrogens with zero attached hydrogens (tertiary/aromatic N) is 3. The summed E-state index contributed by atoms with van der Waals surface area (Å²) in [5.41, 5.74) is 3.89. The molecular weight excluding hydrogens is 508 g/mol.